The summed E-state index contributed by atoms with van der Waals surface area (Å²) < 4.78 is 20.6. The summed E-state index contributed by atoms with van der Waals surface area (Å²) in [5.41, 5.74) is 12.4. The molecule has 2 aromatic heterocycles. The molecule has 3 aromatic rings. The number of pyridine rings is 1. The number of rotatable bonds is 7. The van der Waals surface area contributed by atoms with Gasteiger partial charge in [0, 0.05) is 37.3 Å². The van der Waals surface area contributed by atoms with Gasteiger partial charge in [-0.1, -0.05) is 41.6 Å². The van der Waals surface area contributed by atoms with E-state index in [1.165, 1.54) is 0 Å². The Kier molecular flexibility index (Phi) is 6.99. The van der Waals surface area contributed by atoms with Crippen molar-refractivity contribution >= 4 is 46.8 Å². The van der Waals surface area contributed by atoms with Gasteiger partial charge in [0.15, 0.2) is 0 Å². The largest absolute Gasteiger partial charge is 0.383 e. The van der Waals surface area contributed by atoms with Crippen LogP contribution in [0.25, 0.3) is 11.0 Å². The highest BCUT2D eigenvalue weighted by molar-refractivity contribution is 9.10. The number of amides is 1. The number of likely N-dealkylation sites (N-methyl/N-ethyl adjacent to an activating group) is 1. The van der Waals surface area contributed by atoms with Crippen molar-refractivity contribution in [1.29, 1.82) is 0 Å². The Morgan fingerprint density at radius 2 is 2.00 bits per heavy atom. The van der Waals surface area contributed by atoms with Gasteiger partial charge in [0.2, 0.25) is 0 Å². The normalized spacial score (nSPS) is 17.3. The number of fused-ring (bicyclic) bond motifs is 4. The van der Waals surface area contributed by atoms with E-state index in [-0.39, 0.29) is 18.7 Å². The summed E-state index contributed by atoms with van der Waals surface area (Å²) in [5, 5.41) is 0. The van der Waals surface area contributed by atoms with Crippen LogP contribution in [0.2, 0.25) is 25.7 Å². The van der Waals surface area contributed by atoms with E-state index in [9.17, 15) is 4.79 Å². The molecule has 2 N–H and O–H groups in total. The van der Waals surface area contributed by atoms with Crippen molar-refractivity contribution in [3.63, 3.8) is 0 Å². The zero-order chi connectivity index (χ0) is 25.6. The van der Waals surface area contributed by atoms with Gasteiger partial charge >= 0.3 is 0 Å². The maximum Gasteiger partial charge on any atom is 0.270 e. The highest BCUT2D eigenvalue weighted by atomic mass is 79.9. The molecular formula is C26H33BrN4O4Si. The molecule has 0 spiro atoms. The lowest BCUT2D eigenvalue weighted by Crippen LogP contribution is -2.37. The van der Waals surface area contributed by atoms with Crippen molar-refractivity contribution in [2.24, 2.45) is 0 Å². The molecule has 0 saturated carbocycles. The zero-order valence-corrected chi connectivity index (χ0v) is 23.9. The Bertz CT molecular complexity index is 1320. The lowest BCUT2D eigenvalue weighted by atomic mass is 9.98. The fraction of sp³-hybridized carbons (Fsp3) is 0.462. The van der Waals surface area contributed by atoms with Crippen molar-refractivity contribution < 1.29 is 19.0 Å². The van der Waals surface area contributed by atoms with Gasteiger partial charge in [-0.25, -0.2) is 4.98 Å². The monoisotopic (exact) mass is 572 g/mol. The fourth-order valence-electron chi connectivity index (χ4n) is 4.89. The number of hydrogen-bond acceptors (Lipinski definition) is 6. The molecule has 192 valence electrons. The second-order valence-electron chi connectivity index (χ2n) is 10.8. The molecule has 1 unspecified atom stereocenters. The molecule has 10 heteroatoms. The van der Waals surface area contributed by atoms with E-state index < -0.39 is 8.07 Å². The number of carbonyl (C=O) groups excluding carboxylic acids is 1. The molecule has 1 amide bonds. The van der Waals surface area contributed by atoms with Crippen molar-refractivity contribution in [3.8, 4) is 0 Å². The first-order valence-electron chi connectivity index (χ1n) is 12.2. The number of benzene rings is 1. The van der Waals surface area contributed by atoms with Crippen molar-refractivity contribution in [2.75, 3.05) is 26.0 Å². The van der Waals surface area contributed by atoms with E-state index in [0.717, 1.165) is 38.3 Å². The standard InChI is InChI=1S/C26H33BrN4O4Si/c1-30(23-14-34-11-16-9-17(27)5-6-18(16)23)26(32)22-10-21-24(19-12-35-13-20(19)25(28)29-21)31(22)15-33-7-8-36(2,3)4/h5-6,9-10,23H,7-8,11-15H2,1-4H3,(H2,28,29). The maximum absolute atomic E-state index is 14.0. The van der Waals surface area contributed by atoms with Crippen LogP contribution in [0.5, 0.6) is 0 Å². The summed E-state index contributed by atoms with van der Waals surface area (Å²) in [4.78, 5) is 20.4. The number of nitrogens with zero attached hydrogens (tertiary/aromatic N) is 3. The molecule has 2 aliphatic heterocycles. The number of nitrogens with two attached hydrogens (primary N) is 1. The minimum absolute atomic E-state index is 0.114. The Balaban J connectivity index is 1.52. The van der Waals surface area contributed by atoms with Crippen LogP contribution in [0.15, 0.2) is 28.7 Å². The van der Waals surface area contributed by atoms with Crippen LogP contribution in [0.3, 0.4) is 0 Å². The van der Waals surface area contributed by atoms with Crippen LogP contribution in [0.4, 0.5) is 5.82 Å². The number of aromatic nitrogens is 2. The molecule has 0 aliphatic carbocycles. The zero-order valence-electron chi connectivity index (χ0n) is 21.3. The van der Waals surface area contributed by atoms with Crippen molar-refractivity contribution in [3.05, 3.63) is 56.7 Å². The molecule has 4 heterocycles. The lowest BCUT2D eigenvalue weighted by Gasteiger charge is -2.33. The fourth-order valence-corrected chi connectivity index (χ4v) is 6.05. The van der Waals surface area contributed by atoms with E-state index in [0.29, 0.717) is 50.1 Å². The van der Waals surface area contributed by atoms with Crippen LogP contribution < -0.4 is 5.73 Å². The molecule has 5 rings (SSSR count). The Morgan fingerprint density at radius 3 is 2.78 bits per heavy atom. The molecule has 0 radical (unpaired) electrons. The highest BCUT2D eigenvalue weighted by Crippen LogP contribution is 2.35. The third-order valence-electron chi connectivity index (χ3n) is 6.99. The summed E-state index contributed by atoms with van der Waals surface area (Å²) in [5.74, 6) is 0.344. The summed E-state index contributed by atoms with van der Waals surface area (Å²) >= 11 is 3.54. The first-order chi connectivity index (χ1) is 17.1. The van der Waals surface area contributed by atoms with Gasteiger partial charge in [0.25, 0.3) is 5.91 Å². The van der Waals surface area contributed by atoms with Gasteiger partial charge < -0.3 is 29.4 Å². The number of anilines is 1. The third-order valence-corrected chi connectivity index (χ3v) is 9.19. The number of halogens is 1. The highest BCUT2D eigenvalue weighted by Gasteiger charge is 2.32. The van der Waals surface area contributed by atoms with Crippen LogP contribution in [-0.4, -0.2) is 48.7 Å². The third kappa shape index (κ3) is 4.84. The first kappa shape index (κ1) is 25.4. The van der Waals surface area contributed by atoms with Gasteiger partial charge in [-0.15, -0.1) is 0 Å². The van der Waals surface area contributed by atoms with E-state index >= 15 is 0 Å². The second-order valence-corrected chi connectivity index (χ2v) is 17.3. The smallest absolute Gasteiger partial charge is 0.270 e. The topological polar surface area (TPSA) is 91.8 Å². The number of hydrogen-bond donors (Lipinski definition) is 1. The predicted octanol–water partition coefficient (Wildman–Crippen LogP) is 5.07. The van der Waals surface area contributed by atoms with E-state index in [1.54, 1.807) is 4.90 Å². The lowest BCUT2D eigenvalue weighted by molar-refractivity contribution is 0.0327. The minimum Gasteiger partial charge on any atom is -0.383 e. The van der Waals surface area contributed by atoms with Crippen LogP contribution >= 0.6 is 15.9 Å². The van der Waals surface area contributed by atoms with E-state index in [1.807, 2.05) is 23.7 Å². The van der Waals surface area contributed by atoms with Gasteiger partial charge in [0.05, 0.1) is 43.5 Å². The molecular weight excluding hydrogens is 540 g/mol. The minimum atomic E-state index is -1.25. The number of nitrogen functional groups attached to an aromatic ring is 1. The van der Waals surface area contributed by atoms with Crippen molar-refractivity contribution in [1.82, 2.24) is 14.5 Å². The SMILES string of the molecule is CN(C(=O)c1cc2nc(N)c3c(c2n1COCC[Si](C)(C)C)COC3)C1COCc2cc(Br)ccc21. The quantitative estimate of drug-likeness (QED) is 0.314. The van der Waals surface area contributed by atoms with Crippen LogP contribution in [0.1, 0.15) is 38.8 Å². The average molecular weight is 574 g/mol. The van der Waals surface area contributed by atoms with Crippen LogP contribution in [0, 0.1) is 0 Å². The summed E-state index contributed by atoms with van der Waals surface area (Å²) in [7, 11) is 0.584. The summed E-state index contributed by atoms with van der Waals surface area (Å²) in [6.07, 6.45) is 0. The molecule has 0 fully saturated rings. The first-order valence-corrected chi connectivity index (χ1v) is 16.7. The molecule has 8 nitrogen and oxygen atoms in total. The van der Waals surface area contributed by atoms with E-state index in [2.05, 4.69) is 52.7 Å². The van der Waals surface area contributed by atoms with Gasteiger partial charge in [0.1, 0.15) is 18.2 Å². The molecule has 36 heavy (non-hydrogen) atoms. The van der Waals surface area contributed by atoms with Gasteiger partial charge in [-0.3, -0.25) is 4.79 Å². The molecule has 0 saturated heterocycles. The summed E-state index contributed by atoms with van der Waals surface area (Å²) in [6.45, 7) is 9.75. The van der Waals surface area contributed by atoms with Crippen molar-refractivity contribution in [2.45, 2.75) is 58.3 Å². The molecule has 1 atom stereocenters. The number of ether oxygens (including phenoxy) is 3. The second kappa shape index (κ2) is 9.90. The van der Waals surface area contributed by atoms with E-state index in [4.69, 9.17) is 19.9 Å². The Labute approximate surface area is 220 Å². The molecule has 0 bridgehead atoms. The van der Waals surface area contributed by atoms with Gasteiger partial charge in [-0.2, -0.15) is 0 Å². The predicted molar refractivity (Wildman–Crippen MR) is 145 cm³/mol. The maximum atomic E-state index is 14.0. The van der Waals surface area contributed by atoms with Crippen LogP contribution in [-0.2, 0) is 40.8 Å². The Hall–Kier alpha value is -2.24. The molecule has 1 aromatic carbocycles. The average Bonchev–Trinajstić information content (AvgIpc) is 3.45. The number of carbonyl (C=O) groups is 1. The Morgan fingerprint density at radius 1 is 1.22 bits per heavy atom. The summed E-state index contributed by atoms with van der Waals surface area (Å²) in [6, 6.07) is 8.82. The molecule has 2 aliphatic rings. The van der Waals surface area contributed by atoms with Gasteiger partial charge in [-0.05, 0) is 35.4 Å².